The summed E-state index contributed by atoms with van der Waals surface area (Å²) in [4.78, 5) is 25.6. The highest BCUT2D eigenvalue weighted by molar-refractivity contribution is 5.90. The minimum Gasteiger partial charge on any atom is -0.508 e. The molecule has 0 bridgehead atoms. The van der Waals surface area contributed by atoms with Gasteiger partial charge in [-0.25, -0.2) is 0 Å². The number of benzene rings is 4. The Hall–Kier alpha value is -5.70. The van der Waals surface area contributed by atoms with Crippen LogP contribution in [0, 0.1) is 6.92 Å². The van der Waals surface area contributed by atoms with E-state index in [4.69, 9.17) is 18.3 Å². The molecule has 204 valence electrons. The van der Waals surface area contributed by atoms with Crippen LogP contribution in [0.25, 0.3) is 44.6 Å². The molecule has 0 amide bonds. The Morgan fingerprint density at radius 3 is 1.85 bits per heavy atom. The largest absolute Gasteiger partial charge is 0.508 e. The summed E-state index contributed by atoms with van der Waals surface area (Å²) in [5.41, 5.74) is 1.52. The molecule has 0 fully saturated rings. The van der Waals surface area contributed by atoms with Crippen LogP contribution in [0.4, 0.5) is 0 Å². The van der Waals surface area contributed by atoms with Gasteiger partial charge in [0.25, 0.3) is 0 Å². The van der Waals surface area contributed by atoms with Crippen molar-refractivity contribution in [2.75, 3.05) is 7.11 Å². The SMILES string of the molecule is COc1cc2oc(-c3ccc(C)cc3)cc(=O)c2c(O)c1Oc1ccc(-c2cc(=O)c3c(O)cc(O)cc3o2)cc1. The Bertz CT molecular complexity index is 2070. The van der Waals surface area contributed by atoms with Gasteiger partial charge in [0, 0.05) is 41.5 Å². The second-order valence-corrected chi connectivity index (χ2v) is 9.41. The van der Waals surface area contributed by atoms with Crippen molar-refractivity contribution in [1.29, 1.82) is 0 Å². The molecule has 0 aliphatic carbocycles. The van der Waals surface area contributed by atoms with Gasteiger partial charge in [0.2, 0.25) is 5.75 Å². The monoisotopic (exact) mass is 550 g/mol. The predicted octanol–water partition coefficient (Wildman–Crippen LogP) is 6.46. The first-order valence-corrected chi connectivity index (χ1v) is 12.4. The van der Waals surface area contributed by atoms with Gasteiger partial charge in [-0.05, 0) is 31.2 Å². The molecule has 2 heterocycles. The molecule has 2 aromatic heterocycles. The number of phenols is 3. The van der Waals surface area contributed by atoms with Crippen LogP contribution in [0.5, 0.6) is 34.5 Å². The van der Waals surface area contributed by atoms with Gasteiger partial charge in [-0.3, -0.25) is 9.59 Å². The van der Waals surface area contributed by atoms with Gasteiger partial charge in [-0.15, -0.1) is 0 Å². The van der Waals surface area contributed by atoms with E-state index in [1.807, 2.05) is 31.2 Å². The highest BCUT2D eigenvalue weighted by Crippen LogP contribution is 2.44. The fourth-order valence-corrected chi connectivity index (χ4v) is 4.57. The number of ether oxygens (including phenoxy) is 2. The lowest BCUT2D eigenvalue weighted by Gasteiger charge is -2.14. The molecule has 0 unspecified atom stereocenters. The molecule has 0 atom stereocenters. The quantitative estimate of drug-likeness (QED) is 0.221. The maximum absolute atomic E-state index is 13.0. The van der Waals surface area contributed by atoms with Gasteiger partial charge in [-0.2, -0.15) is 0 Å². The van der Waals surface area contributed by atoms with E-state index in [0.717, 1.165) is 11.6 Å². The van der Waals surface area contributed by atoms with Crippen LogP contribution in [-0.4, -0.2) is 22.4 Å². The number of hydrogen-bond acceptors (Lipinski definition) is 9. The zero-order valence-electron chi connectivity index (χ0n) is 21.8. The number of methoxy groups -OCH3 is 1. The number of phenolic OH excluding ortho intramolecular Hbond substituents is 3. The van der Waals surface area contributed by atoms with E-state index in [1.165, 1.54) is 31.4 Å². The molecule has 0 aliphatic rings. The van der Waals surface area contributed by atoms with E-state index in [1.54, 1.807) is 24.3 Å². The number of aromatic hydroxyl groups is 3. The average Bonchev–Trinajstić information content (AvgIpc) is 2.94. The van der Waals surface area contributed by atoms with Crippen molar-refractivity contribution >= 4 is 21.9 Å². The van der Waals surface area contributed by atoms with Crippen molar-refractivity contribution in [2.24, 2.45) is 0 Å². The van der Waals surface area contributed by atoms with Crippen LogP contribution in [0.1, 0.15) is 5.56 Å². The fourth-order valence-electron chi connectivity index (χ4n) is 4.57. The summed E-state index contributed by atoms with van der Waals surface area (Å²) in [7, 11) is 1.40. The van der Waals surface area contributed by atoms with E-state index in [9.17, 15) is 24.9 Å². The fraction of sp³-hybridized carbons (Fsp3) is 0.0625. The highest BCUT2D eigenvalue weighted by atomic mass is 16.5. The second-order valence-electron chi connectivity index (χ2n) is 9.41. The lowest BCUT2D eigenvalue weighted by molar-refractivity contribution is 0.359. The molecule has 9 nitrogen and oxygen atoms in total. The van der Waals surface area contributed by atoms with Crippen molar-refractivity contribution in [2.45, 2.75) is 6.92 Å². The van der Waals surface area contributed by atoms with E-state index >= 15 is 0 Å². The number of rotatable bonds is 5. The summed E-state index contributed by atoms with van der Waals surface area (Å²) < 4.78 is 23.1. The minimum atomic E-state index is -0.478. The van der Waals surface area contributed by atoms with Crippen LogP contribution in [0.2, 0.25) is 0 Å². The summed E-state index contributed by atoms with van der Waals surface area (Å²) >= 11 is 0. The highest BCUT2D eigenvalue weighted by Gasteiger charge is 2.21. The molecule has 9 heteroatoms. The first kappa shape index (κ1) is 25.6. The maximum Gasteiger partial charge on any atom is 0.211 e. The van der Waals surface area contributed by atoms with Gasteiger partial charge >= 0.3 is 0 Å². The van der Waals surface area contributed by atoms with Gasteiger partial charge in [0.1, 0.15) is 50.7 Å². The molecule has 41 heavy (non-hydrogen) atoms. The molecule has 6 rings (SSSR count). The van der Waals surface area contributed by atoms with Gasteiger partial charge in [0.15, 0.2) is 22.4 Å². The van der Waals surface area contributed by atoms with Crippen molar-refractivity contribution < 1.29 is 33.6 Å². The molecule has 0 saturated carbocycles. The normalized spacial score (nSPS) is 11.2. The third-order valence-corrected chi connectivity index (χ3v) is 6.62. The lowest BCUT2D eigenvalue weighted by atomic mass is 10.1. The summed E-state index contributed by atoms with van der Waals surface area (Å²) in [6, 6.07) is 20.2. The topological polar surface area (TPSA) is 140 Å². The van der Waals surface area contributed by atoms with Crippen LogP contribution >= 0.6 is 0 Å². The molecule has 0 spiro atoms. The Balaban J connectivity index is 1.36. The Kier molecular flexibility index (Phi) is 6.11. The summed E-state index contributed by atoms with van der Waals surface area (Å²) in [6.45, 7) is 1.96. The molecule has 3 N–H and O–H groups in total. The molecule has 6 aromatic rings. The lowest BCUT2D eigenvalue weighted by Crippen LogP contribution is -2.03. The van der Waals surface area contributed by atoms with Crippen LogP contribution in [-0.2, 0) is 0 Å². The summed E-state index contributed by atoms with van der Waals surface area (Å²) in [6.07, 6.45) is 0. The van der Waals surface area contributed by atoms with Crippen molar-refractivity contribution in [3.8, 4) is 57.1 Å². The van der Waals surface area contributed by atoms with Crippen molar-refractivity contribution in [1.82, 2.24) is 0 Å². The smallest absolute Gasteiger partial charge is 0.211 e. The third-order valence-electron chi connectivity index (χ3n) is 6.62. The summed E-state index contributed by atoms with van der Waals surface area (Å²) in [5, 5.41) is 30.7. The van der Waals surface area contributed by atoms with Gasteiger partial charge in [-0.1, -0.05) is 29.8 Å². The maximum atomic E-state index is 13.0. The molecule has 4 aromatic carbocycles. The van der Waals surface area contributed by atoms with Crippen molar-refractivity contribution in [3.63, 3.8) is 0 Å². The van der Waals surface area contributed by atoms with Gasteiger partial charge in [0.05, 0.1) is 7.11 Å². The van der Waals surface area contributed by atoms with Crippen LogP contribution < -0.4 is 20.3 Å². The van der Waals surface area contributed by atoms with E-state index < -0.39 is 16.6 Å². The first-order valence-electron chi connectivity index (χ1n) is 12.4. The van der Waals surface area contributed by atoms with Crippen LogP contribution in [0.3, 0.4) is 0 Å². The van der Waals surface area contributed by atoms with E-state index in [2.05, 4.69) is 0 Å². The number of aryl methyl sites for hydroxylation is 1. The van der Waals surface area contributed by atoms with Crippen LogP contribution in [0.15, 0.2) is 97.3 Å². The minimum absolute atomic E-state index is 0.0283. The first-order chi connectivity index (χ1) is 19.7. The Labute approximate surface area is 231 Å². The summed E-state index contributed by atoms with van der Waals surface area (Å²) in [5.74, 6) is -0.161. The molecule has 0 saturated heterocycles. The zero-order valence-corrected chi connectivity index (χ0v) is 21.8. The standard InChI is InChI=1S/C32H22O9/c1-16-3-5-17(6-4-16)25-14-23(36)30-27(41-25)15-28(38-2)32(31(30)37)39-20-9-7-18(8-10-20)24-13-22(35)29-21(34)11-19(33)12-26(29)40-24/h3-15,33-34,37H,1-2H3. The Morgan fingerprint density at radius 1 is 0.683 bits per heavy atom. The molecular weight excluding hydrogens is 528 g/mol. The molecule has 0 aliphatic heterocycles. The van der Waals surface area contributed by atoms with E-state index in [-0.39, 0.29) is 50.7 Å². The second kappa shape index (κ2) is 9.80. The average molecular weight is 551 g/mol. The number of hydrogen-bond donors (Lipinski definition) is 3. The third kappa shape index (κ3) is 4.59. The van der Waals surface area contributed by atoms with E-state index in [0.29, 0.717) is 22.6 Å². The molecule has 0 radical (unpaired) electrons. The van der Waals surface area contributed by atoms with Gasteiger partial charge < -0.3 is 33.6 Å². The van der Waals surface area contributed by atoms with Crippen molar-refractivity contribution in [3.05, 3.63) is 105 Å². The zero-order chi connectivity index (χ0) is 28.8. The Morgan fingerprint density at radius 2 is 1.24 bits per heavy atom. The predicted molar refractivity (Wildman–Crippen MR) is 152 cm³/mol. The number of fused-ring (bicyclic) bond motifs is 2. The molecular formula is C32H22O9.